The number of rotatable bonds is 4. The highest BCUT2D eigenvalue weighted by molar-refractivity contribution is 9.10. The molecule has 2 aromatic rings. The molecule has 9 nitrogen and oxygen atoms in total. The van der Waals surface area contributed by atoms with Gasteiger partial charge in [-0.15, -0.1) is 0 Å². The lowest BCUT2D eigenvalue weighted by Crippen LogP contribution is -2.35. The molecule has 0 radical (unpaired) electrons. The molecule has 1 aromatic heterocycles. The molecule has 0 fully saturated rings. The Morgan fingerprint density at radius 2 is 2.17 bits per heavy atom. The topological polar surface area (TPSA) is 125 Å². The van der Waals surface area contributed by atoms with Crippen molar-refractivity contribution in [3.05, 3.63) is 56.3 Å². The number of non-ortho nitro benzene ring substituents is 1. The molecule has 0 aliphatic carbocycles. The number of amidine groups is 2. The van der Waals surface area contributed by atoms with Crippen molar-refractivity contribution in [3.8, 4) is 11.3 Å². The van der Waals surface area contributed by atoms with E-state index in [2.05, 4.69) is 26.0 Å². The van der Waals surface area contributed by atoms with Crippen LogP contribution >= 0.6 is 27.7 Å². The minimum Gasteiger partial charge on any atom is -0.457 e. The fraction of sp³-hybridized carbons (Fsp3) is 0.111. The van der Waals surface area contributed by atoms with Crippen LogP contribution in [0.3, 0.4) is 0 Å². The van der Waals surface area contributed by atoms with E-state index in [1.54, 1.807) is 18.2 Å². The van der Waals surface area contributed by atoms with Gasteiger partial charge in [-0.3, -0.25) is 20.3 Å². The van der Waals surface area contributed by atoms with Crippen molar-refractivity contribution in [3.63, 3.8) is 0 Å². The summed E-state index contributed by atoms with van der Waals surface area (Å²) >= 11 is 4.59. The number of benzene rings is 1. The second-order valence-corrected chi connectivity index (χ2v) is 7.89. The van der Waals surface area contributed by atoms with Crippen LogP contribution in [-0.2, 0) is 4.79 Å². The van der Waals surface area contributed by atoms with E-state index in [9.17, 15) is 14.9 Å². The molecule has 0 bridgehead atoms. The predicted octanol–water partition coefficient (Wildman–Crippen LogP) is 4.65. The number of carbonyl (C=O) groups excluding carboxylic acids is 1. The van der Waals surface area contributed by atoms with Crippen molar-refractivity contribution in [1.29, 1.82) is 5.41 Å². The van der Waals surface area contributed by atoms with Crippen LogP contribution in [-0.4, -0.2) is 31.9 Å². The van der Waals surface area contributed by atoms with Gasteiger partial charge >= 0.3 is 0 Å². The number of halogens is 1. The average Bonchev–Trinajstić information content (AvgIpc) is 3.31. The van der Waals surface area contributed by atoms with Gasteiger partial charge in [0.15, 0.2) is 5.84 Å². The van der Waals surface area contributed by atoms with E-state index in [0.717, 1.165) is 5.04 Å². The van der Waals surface area contributed by atoms with Gasteiger partial charge in [0.2, 0.25) is 5.17 Å². The average molecular weight is 474 g/mol. The highest BCUT2D eigenvalue weighted by Gasteiger charge is 2.35. The first kappa shape index (κ1) is 19.3. The number of furan rings is 1. The van der Waals surface area contributed by atoms with E-state index < -0.39 is 10.8 Å². The number of amides is 1. The van der Waals surface area contributed by atoms with Gasteiger partial charge in [0.05, 0.1) is 10.5 Å². The molecule has 29 heavy (non-hydrogen) atoms. The molecule has 0 spiro atoms. The summed E-state index contributed by atoms with van der Waals surface area (Å²) in [4.78, 5) is 26.8. The third-order valence-corrected chi connectivity index (χ3v) is 5.85. The van der Waals surface area contributed by atoms with E-state index >= 15 is 0 Å². The number of hydrogen-bond acceptors (Lipinski definition) is 7. The monoisotopic (exact) mass is 473 g/mol. The Morgan fingerprint density at radius 3 is 2.86 bits per heavy atom. The minimum atomic E-state index is -0.532. The lowest BCUT2D eigenvalue weighted by molar-refractivity contribution is -0.384. The standard InChI is InChI=1S/C18H12BrN5O4S/c1-2-15-22-23-16(20)12(17(25)21-18(23)29-15)8-10-4-6-14(28-10)11-5-3-9(24(26)27)7-13(11)19/h3-8,20H,2H2,1H3. The Balaban J connectivity index is 1.65. The van der Waals surface area contributed by atoms with Gasteiger partial charge in [0, 0.05) is 22.2 Å². The predicted molar refractivity (Wildman–Crippen MR) is 114 cm³/mol. The van der Waals surface area contributed by atoms with Gasteiger partial charge in [-0.25, -0.2) is 0 Å². The number of fused-ring (bicyclic) bond motifs is 1. The molecule has 4 rings (SSSR count). The number of nitro groups is 1. The molecule has 2 aliphatic rings. The highest BCUT2D eigenvalue weighted by Crippen LogP contribution is 2.34. The molecule has 2 aliphatic heterocycles. The van der Waals surface area contributed by atoms with Crippen molar-refractivity contribution >= 4 is 61.4 Å². The summed E-state index contributed by atoms with van der Waals surface area (Å²) in [7, 11) is 0. The molecule has 0 saturated carbocycles. The summed E-state index contributed by atoms with van der Waals surface area (Å²) in [5.41, 5.74) is 0.651. The number of nitrogens with one attached hydrogen (secondary N) is 1. The van der Waals surface area contributed by atoms with Gasteiger partial charge in [-0.05, 0) is 58.4 Å². The van der Waals surface area contributed by atoms with Crippen molar-refractivity contribution < 1.29 is 14.1 Å². The summed E-state index contributed by atoms with van der Waals surface area (Å²) in [6.07, 6.45) is 2.13. The molecule has 0 saturated heterocycles. The largest absolute Gasteiger partial charge is 0.457 e. The molecular weight excluding hydrogens is 462 g/mol. The Hall–Kier alpha value is -3.05. The zero-order valence-electron chi connectivity index (χ0n) is 14.9. The number of thioether (sulfide) groups is 1. The SMILES string of the molecule is CCC1=NN2C(=N)C(=Cc3ccc(-c4ccc([N+](=O)[O-])cc4Br)o3)C(=O)N=C2S1. The van der Waals surface area contributed by atoms with Crippen molar-refractivity contribution in [2.24, 2.45) is 10.1 Å². The molecule has 1 amide bonds. The number of nitrogens with zero attached hydrogens (tertiary/aromatic N) is 4. The Labute approximate surface area is 177 Å². The molecule has 146 valence electrons. The van der Waals surface area contributed by atoms with Crippen LogP contribution < -0.4 is 0 Å². The normalized spacial score (nSPS) is 17.4. The number of aliphatic imine (C=N–C) groups is 1. The fourth-order valence-corrected chi connectivity index (χ4v) is 4.10. The zero-order valence-corrected chi connectivity index (χ0v) is 17.3. The summed E-state index contributed by atoms with van der Waals surface area (Å²) in [5.74, 6) is 0.213. The van der Waals surface area contributed by atoms with Gasteiger partial charge in [0.1, 0.15) is 16.6 Å². The summed E-state index contributed by atoms with van der Waals surface area (Å²) in [6.45, 7) is 1.94. The second kappa shape index (κ2) is 7.41. The van der Waals surface area contributed by atoms with Crippen LogP contribution in [0.25, 0.3) is 17.4 Å². The van der Waals surface area contributed by atoms with E-state index in [-0.39, 0.29) is 17.1 Å². The molecule has 1 aromatic carbocycles. The first-order valence-corrected chi connectivity index (χ1v) is 10.0. The number of hydrogen-bond donors (Lipinski definition) is 1. The molecular formula is C18H12BrN5O4S. The fourth-order valence-electron chi connectivity index (χ4n) is 2.71. The third kappa shape index (κ3) is 3.54. The maximum atomic E-state index is 12.4. The van der Waals surface area contributed by atoms with E-state index in [1.807, 2.05) is 6.92 Å². The molecule has 11 heteroatoms. The van der Waals surface area contributed by atoms with Crippen molar-refractivity contribution in [1.82, 2.24) is 5.01 Å². The maximum Gasteiger partial charge on any atom is 0.283 e. The van der Waals surface area contributed by atoms with Gasteiger partial charge < -0.3 is 4.42 Å². The van der Waals surface area contributed by atoms with E-state index in [4.69, 9.17) is 9.83 Å². The Morgan fingerprint density at radius 1 is 1.38 bits per heavy atom. The number of nitro benzene ring substituents is 1. The quantitative estimate of drug-likeness (QED) is 0.391. The zero-order chi connectivity index (χ0) is 20.7. The molecule has 0 unspecified atom stereocenters. The lowest BCUT2D eigenvalue weighted by atomic mass is 10.1. The highest BCUT2D eigenvalue weighted by atomic mass is 79.9. The van der Waals surface area contributed by atoms with Crippen molar-refractivity contribution in [2.45, 2.75) is 13.3 Å². The smallest absolute Gasteiger partial charge is 0.283 e. The van der Waals surface area contributed by atoms with Gasteiger partial charge in [-0.2, -0.15) is 15.1 Å². The lowest BCUT2D eigenvalue weighted by Gasteiger charge is -2.19. The van der Waals surface area contributed by atoms with Gasteiger partial charge in [-0.1, -0.05) is 6.92 Å². The van der Waals surface area contributed by atoms with E-state index in [0.29, 0.717) is 33.1 Å². The van der Waals surface area contributed by atoms with Crippen LogP contribution in [0.2, 0.25) is 0 Å². The second-order valence-electron chi connectivity index (χ2n) is 5.99. The maximum absolute atomic E-state index is 12.4. The molecule has 3 heterocycles. The van der Waals surface area contributed by atoms with Crippen LogP contribution in [0.1, 0.15) is 19.1 Å². The molecule has 0 atom stereocenters. The first-order chi connectivity index (χ1) is 13.9. The summed E-state index contributed by atoms with van der Waals surface area (Å²) in [6, 6.07) is 7.68. The summed E-state index contributed by atoms with van der Waals surface area (Å²) < 4.78 is 6.28. The van der Waals surface area contributed by atoms with Crippen LogP contribution in [0, 0.1) is 15.5 Å². The van der Waals surface area contributed by atoms with Gasteiger partial charge in [0.25, 0.3) is 11.6 Å². The van der Waals surface area contributed by atoms with Crippen molar-refractivity contribution in [2.75, 3.05) is 0 Å². The Bertz CT molecular complexity index is 1170. The minimum absolute atomic E-state index is 0.0417. The van der Waals surface area contributed by atoms with Crippen LogP contribution in [0.5, 0.6) is 0 Å². The number of carbonyl (C=O) groups is 1. The Kier molecular flexibility index (Phi) is 4.92. The summed E-state index contributed by atoms with van der Waals surface area (Å²) in [5, 5.41) is 26.0. The molecule has 1 N–H and O–H groups in total. The third-order valence-electron chi connectivity index (χ3n) is 4.14. The first-order valence-electron chi connectivity index (χ1n) is 8.40. The van der Waals surface area contributed by atoms with E-state index in [1.165, 1.54) is 35.0 Å². The van der Waals surface area contributed by atoms with Crippen LogP contribution in [0.4, 0.5) is 5.69 Å². The van der Waals surface area contributed by atoms with Crippen LogP contribution in [0.15, 0.2) is 54.9 Å². The number of hydrazone groups is 1.